The van der Waals surface area contributed by atoms with Crippen molar-refractivity contribution in [2.45, 2.75) is 6.92 Å². The molecule has 0 bridgehead atoms. The molecule has 2 amide bonds. The highest BCUT2D eigenvalue weighted by molar-refractivity contribution is 7.16. The van der Waals surface area contributed by atoms with Crippen molar-refractivity contribution in [2.75, 3.05) is 18.5 Å². The molecule has 0 spiro atoms. The van der Waals surface area contributed by atoms with Gasteiger partial charge in [0, 0.05) is 18.0 Å². The molecule has 0 unspecified atom stereocenters. The Morgan fingerprint density at radius 2 is 1.93 bits per heavy atom. The number of nitrogens with zero attached hydrogens (tertiary/aromatic N) is 2. The van der Waals surface area contributed by atoms with Gasteiger partial charge in [-0.2, -0.15) is 0 Å². The largest absolute Gasteiger partial charge is 0.492 e. The molecule has 0 aliphatic heterocycles. The molecule has 6 nitrogen and oxygen atoms in total. The van der Waals surface area contributed by atoms with Crippen LogP contribution in [-0.2, 0) is 0 Å². The van der Waals surface area contributed by atoms with Crippen LogP contribution in [0.1, 0.15) is 16.1 Å². The van der Waals surface area contributed by atoms with Gasteiger partial charge in [-0.25, -0.2) is 14.2 Å². The number of pyridine rings is 1. The Kier molecular flexibility index (Phi) is 6.54. The maximum Gasteiger partial charge on any atom is 0.321 e. The standard InChI is InChI=1S/C20H17FN4O2S/c1-14-18(7-2-15-8-10-22-11-9-15)28-20(24-14)25-19(26)23-12-13-27-17-5-3-16(21)4-6-17/h3-6,8-11H,12-13H2,1H3,(H2,23,24,25,26). The SMILES string of the molecule is Cc1nc(NC(=O)NCCOc2ccc(F)cc2)sc1C#Cc1ccncc1. The Balaban J connectivity index is 1.46. The molecule has 2 aromatic heterocycles. The first kappa shape index (κ1) is 19.3. The molecule has 2 N–H and O–H groups in total. The van der Waals surface area contributed by atoms with E-state index in [9.17, 15) is 9.18 Å². The van der Waals surface area contributed by atoms with E-state index in [4.69, 9.17) is 4.74 Å². The number of rotatable bonds is 5. The van der Waals surface area contributed by atoms with E-state index in [1.54, 1.807) is 12.4 Å². The highest BCUT2D eigenvalue weighted by Crippen LogP contribution is 2.21. The molecular weight excluding hydrogens is 379 g/mol. The summed E-state index contributed by atoms with van der Waals surface area (Å²) in [6, 6.07) is 8.95. The summed E-state index contributed by atoms with van der Waals surface area (Å²) >= 11 is 1.31. The maximum absolute atomic E-state index is 12.8. The summed E-state index contributed by atoms with van der Waals surface area (Å²) in [6.07, 6.45) is 3.36. The number of carbonyl (C=O) groups is 1. The minimum absolute atomic E-state index is 0.263. The van der Waals surface area contributed by atoms with Crippen molar-refractivity contribution < 1.29 is 13.9 Å². The lowest BCUT2D eigenvalue weighted by Crippen LogP contribution is -2.32. The first-order valence-corrected chi connectivity index (χ1v) is 9.24. The quantitative estimate of drug-likeness (QED) is 0.511. The Hall–Kier alpha value is -3.44. The van der Waals surface area contributed by atoms with Crippen LogP contribution in [0.4, 0.5) is 14.3 Å². The number of aryl methyl sites for hydroxylation is 1. The average Bonchev–Trinajstić information content (AvgIpc) is 3.05. The molecule has 142 valence electrons. The van der Waals surface area contributed by atoms with Crippen LogP contribution in [0, 0.1) is 24.6 Å². The molecule has 8 heteroatoms. The van der Waals surface area contributed by atoms with Gasteiger partial charge < -0.3 is 10.1 Å². The summed E-state index contributed by atoms with van der Waals surface area (Å²) in [4.78, 5) is 21.0. The van der Waals surface area contributed by atoms with Crippen LogP contribution in [0.15, 0.2) is 48.8 Å². The van der Waals surface area contributed by atoms with E-state index in [0.717, 1.165) is 16.1 Å². The number of halogens is 1. The van der Waals surface area contributed by atoms with Crippen LogP contribution in [0.25, 0.3) is 0 Å². The summed E-state index contributed by atoms with van der Waals surface area (Å²) in [5.41, 5.74) is 1.61. The van der Waals surface area contributed by atoms with Crippen molar-refractivity contribution in [3.8, 4) is 17.6 Å². The predicted molar refractivity (Wildman–Crippen MR) is 106 cm³/mol. The number of aromatic nitrogens is 2. The van der Waals surface area contributed by atoms with Crippen LogP contribution in [0.5, 0.6) is 5.75 Å². The number of amides is 2. The number of benzene rings is 1. The van der Waals surface area contributed by atoms with Gasteiger partial charge in [0.1, 0.15) is 23.1 Å². The number of urea groups is 1. The minimum Gasteiger partial charge on any atom is -0.492 e. The first-order valence-electron chi connectivity index (χ1n) is 8.43. The fourth-order valence-corrected chi connectivity index (χ4v) is 2.95. The number of hydrogen-bond donors (Lipinski definition) is 2. The minimum atomic E-state index is -0.384. The van der Waals surface area contributed by atoms with Gasteiger partial charge in [0.25, 0.3) is 0 Å². The topological polar surface area (TPSA) is 76.1 Å². The predicted octanol–water partition coefficient (Wildman–Crippen LogP) is 3.59. The monoisotopic (exact) mass is 396 g/mol. The second kappa shape index (κ2) is 9.48. The Morgan fingerprint density at radius 1 is 1.18 bits per heavy atom. The Labute approximate surface area is 165 Å². The highest BCUT2D eigenvalue weighted by Gasteiger charge is 2.08. The van der Waals surface area contributed by atoms with E-state index in [-0.39, 0.29) is 18.5 Å². The number of anilines is 1. The van der Waals surface area contributed by atoms with Gasteiger partial charge in [0.15, 0.2) is 5.13 Å². The van der Waals surface area contributed by atoms with Crippen LogP contribution in [0.3, 0.4) is 0 Å². The maximum atomic E-state index is 12.8. The van der Waals surface area contributed by atoms with Crippen molar-refractivity contribution in [3.05, 3.63) is 70.7 Å². The fraction of sp³-hybridized carbons (Fsp3) is 0.150. The van der Waals surface area contributed by atoms with Crippen LogP contribution in [0.2, 0.25) is 0 Å². The molecule has 0 saturated carbocycles. The molecular formula is C20H17FN4O2S. The molecule has 3 aromatic rings. The molecule has 3 rings (SSSR count). The Bertz CT molecular complexity index is 995. The molecule has 0 saturated heterocycles. The summed E-state index contributed by atoms with van der Waals surface area (Å²) in [6.45, 7) is 2.40. The van der Waals surface area contributed by atoms with Gasteiger partial charge >= 0.3 is 6.03 Å². The van der Waals surface area contributed by atoms with E-state index in [1.165, 1.54) is 35.6 Å². The van der Waals surface area contributed by atoms with Crippen molar-refractivity contribution in [3.63, 3.8) is 0 Å². The highest BCUT2D eigenvalue weighted by atomic mass is 32.1. The summed E-state index contributed by atoms with van der Waals surface area (Å²) in [5.74, 6) is 6.31. The van der Waals surface area contributed by atoms with Gasteiger partial charge in [-0.3, -0.25) is 10.3 Å². The van der Waals surface area contributed by atoms with Crippen LogP contribution < -0.4 is 15.4 Å². The zero-order valence-corrected chi connectivity index (χ0v) is 15.8. The molecule has 2 heterocycles. The van der Waals surface area contributed by atoms with Crippen molar-refractivity contribution in [1.29, 1.82) is 0 Å². The molecule has 0 radical (unpaired) electrons. The third-order valence-electron chi connectivity index (χ3n) is 3.49. The number of nitrogens with one attached hydrogen (secondary N) is 2. The lowest BCUT2D eigenvalue weighted by molar-refractivity contribution is 0.247. The molecule has 0 aliphatic carbocycles. The van der Waals surface area contributed by atoms with Gasteiger partial charge in [0.2, 0.25) is 0 Å². The van der Waals surface area contributed by atoms with Gasteiger partial charge in [-0.1, -0.05) is 17.3 Å². The lowest BCUT2D eigenvalue weighted by Gasteiger charge is -2.07. The van der Waals surface area contributed by atoms with E-state index in [0.29, 0.717) is 17.4 Å². The van der Waals surface area contributed by atoms with E-state index < -0.39 is 0 Å². The van der Waals surface area contributed by atoms with Crippen molar-refractivity contribution >= 4 is 22.5 Å². The van der Waals surface area contributed by atoms with E-state index in [1.807, 2.05) is 19.1 Å². The second-order valence-electron chi connectivity index (χ2n) is 5.60. The number of carbonyl (C=O) groups excluding carboxylic acids is 1. The van der Waals surface area contributed by atoms with Crippen LogP contribution >= 0.6 is 11.3 Å². The molecule has 0 aliphatic rings. The van der Waals surface area contributed by atoms with Crippen molar-refractivity contribution in [2.24, 2.45) is 0 Å². The molecule has 28 heavy (non-hydrogen) atoms. The lowest BCUT2D eigenvalue weighted by atomic mass is 10.2. The third-order valence-corrected chi connectivity index (χ3v) is 4.48. The summed E-state index contributed by atoms with van der Waals surface area (Å²) in [7, 11) is 0. The molecule has 0 atom stereocenters. The van der Waals surface area contributed by atoms with Gasteiger partial charge in [0.05, 0.1) is 12.2 Å². The average molecular weight is 396 g/mol. The van der Waals surface area contributed by atoms with E-state index in [2.05, 4.69) is 32.4 Å². The third kappa shape index (κ3) is 5.79. The number of ether oxygens (including phenoxy) is 1. The zero-order valence-electron chi connectivity index (χ0n) is 15.0. The molecule has 0 fully saturated rings. The Morgan fingerprint density at radius 3 is 2.68 bits per heavy atom. The van der Waals surface area contributed by atoms with E-state index >= 15 is 0 Å². The number of thiazole rings is 1. The number of hydrogen-bond acceptors (Lipinski definition) is 5. The summed E-state index contributed by atoms with van der Waals surface area (Å²) in [5, 5.41) is 5.82. The zero-order chi connectivity index (χ0) is 19.8. The van der Waals surface area contributed by atoms with Gasteiger partial charge in [-0.05, 0) is 49.2 Å². The van der Waals surface area contributed by atoms with Crippen LogP contribution in [-0.4, -0.2) is 29.2 Å². The normalized spacial score (nSPS) is 9.93. The first-order chi connectivity index (χ1) is 13.6. The molecule has 1 aromatic carbocycles. The van der Waals surface area contributed by atoms with Crippen molar-refractivity contribution in [1.82, 2.24) is 15.3 Å². The second-order valence-corrected chi connectivity index (χ2v) is 6.60. The summed E-state index contributed by atoms with van der Waals surface area (Å²) < 4.78 is 18.2. The van der Waals surface area contributed by atoms with Gasteiger partial charge in [-0.15, -0.1) is 0 Å². The fourth-order valence-electron chi connectivity index (χ4n) is 2.14. The smallest absolute Gasteiger partial charge is 0.321 e.